The van der Waals surface area contributed by atoms with Gasteiger partial charge >= 0.3 is 6.09 Å². The predicted molar refractivity (Wildman–Crippen MR) is 75.5 cm³/mol. The first kappa shape index (κ1) is 16.8. The normalized spacial score (nSPS) is 17.5. The van der Waals surface area contributed by atoms with Crippen molar-refractivity contribution in [3.63, 3.8) is 0 Å². The Hall–Kier alpha value is -1.30. The van der Waals surface area contributed by atoms with Crippen LogP contribution in [0.1, 0.15) is 40.5 Å². The summed E-state index contributed by atoms with van der Waals surface area (Å²) in [6.45, 7) is 9.64. The summed E-state index contributed by atoms with van der Waals surface area (Å²) in [7, 11) is 0. The van der Waals surface area contributed by atoms with E-state index in [4.69, 9.17) is 9.47 Å². The van der Waals surface area contributed by atoms with E-state index in [2.05, 4.69) is 5.32 Å². The fourth-order valence-corrected chi connectivity index (χ4v) is 2.00. The van der Waals surface area contributed by atoms with Crippen LogP contribution in [0.4, 0.5) is 4.79 Å². The van der Waals surface area contributed by atoms with Crippen molar-refractivity contribution in [1.29, 1.82) is 0 Å². The average Bonchev–Trinajstić information content (AvgIpc) is 2.36. The molecule has 0 aromatic carbocycles. The summed E-state index contributed by atoms with van der Waals surface area (Å²) in [6.07, 6.45) is 0.879. The van der Waals surface area contributed by atoms with Crippen molar-refractivity contribution in [1.82, 2.24) is 10.2 Å². The Morgan fingerprint density at radius 3 is 2.40 bits per heavy atom. The number of nitrogens with zero attached hydrogens (tertiary/aromatic N) is 1. The highest BCUT2D eigenvalue weighted by atomic mass is 16.6. The molecule has 1 aliphatic rings. The number of carbonyl (C=O) groups excluding carboxylic acids is 2. The van der Waals surface area contributed by atoms with Gasteiger partial charge in [-0.2, -0.15) is 0 Å². The molecule has 0 aromatic rings. The number of hydrogen-bond acceptors (Lipinski definition) is 4. The molecule has 0 spiro atoms. The molecule has 0 radical (unpaired) electrons. The van der Waals surface area contributed by atoms with Crippen molar-refractivity contribution in [3.05, 3.63) is 0 Å². The van der Waals surface area contributed by atoms with E-state index in [0.717, 1.165) is 6.42 Å². The molecule has 116 valence electrons. The predicted octanol–water partition coefficient (Wildman–Crippen LogP) is 1.54. The van der Waals surface area contributed by atoms with E-state index in [1.54, 1.807) is 25.7 Å². The highest BCUT2D eigenvalue weighted by Crippen LogP contribution is 2.09. The number of morpholine rings is 1. The molecule has 0 unspecified atom stereocenters. The molecule has 1 aliphatic heterocycles. The van der Waals surface area contributed by atoms with Crippen LogP contribution in [-0.4, -0.2) is 54.8 Å². The van der Waals surface area contributed by atoms with Gasteiger partial charge in [-0.15, -0.1) is 0 Å². The Bertz CT molecular complexity index is 333. The van der Waals surface area contributed by atoms with Crippen molar-refractivity contribution in [2.75, 3.05) is 26.3 Å². The van der Waals surface area contributed by atoms with E-state index in [0.29, 0.717) is 32.7 Å². The summed E-state index contributed by atoms with van der Waals surface area (Å²) in [4.78, 5) is 25.9. The molecule has 2 amide bonds. The maximum absolute atomic E-state index is 12.4. The highest BCUT2D eigenvalue weighted by Gasteiger charge is 2.28. The van der Waals surface area contributed by atoms with Crippen LogP contribution >= 0.6 is 0 Å². The van der Waals surface area contributed by atoms with Crippen molar-refractivity contribution in [2.45, 2.75) is 52.2 Å². The van der Waals surface area contributed by atoms with Crippen LogP contribution in [0.15, 0.2) is 0 Å². The number of nitrogens with one attached hydrogen (secondary N) is 1. The van der Waals surface area contributed by atoms with Gasteiger partial charge in [0, 0.05) is 13.1 Å². The fraction of sp³-hybridized carbons (Fsp3) is 0.857. The average molecular weight is 286 g/mol. The van der Waals surface area contributed by atoms with Gasteiger partial charge in [-0.3, -0.25) is 4.79 Å². The fourth-order valence-electron chi connectivity index (χ4n) is 2.00. The Morgan fingerprint density at radius 1 is 1.30 bits per heavy atom. The molecule has 0 aliphatic carbocycles. The minimum absolute atomic E-state index is 0.0546. The van der Waals surface area contributed by atoms with Gasteiger partial charge in [0.1, 0.15) is 11.6 Å². The lowest BCUT2D eigenvalue weighted by atomic mass is 10.1. The Morgan fingerprint density at radius 2 is 1.90 bits per heavy atom. The monoisotopic (exact) mass is 286 g/mol. The van der Waals surface area contributed by atoms with Crippen molar-refractivity contribution >= 4 is 12.0 Å². The van der Waals surface area contributed by atoms with E-state index in [1.165, 1.54) is 0 Å². The summed E-state index contributed by atoms with van der Waals surface area (Å²) in [5.41, 5.74) is -0.567. The van der Waals surface area contributed by atoms with E-state index < -0.39 is 17.7 Å². The highest BCUT2D eigenvalue weighted by molar-refractivity contribution is 5.85. The van der Waals surface area contributed by atoms with Gasteiger partial charge < -0.3 is 19.7 Å². The molecular formula is C14H26N2O4. The van der Waals surface area contributed by atoms with Crippen LogP contribution in [0.2, 0.25) is 0 Å². The smallest absolute Gasteiger partial charge is 0.408 e. The zero-order valence-electron chi connectivity index (χ0n) is 12.9. The third kappa shape index (κ3) is 5.77. The summed E-state index contributed by atoms with van der Waals surface area (Å²) in [5.74, 6) is -0.0546. The molecule has 0 aromatic heterocycles. The summed E-state index contributed by atoms with van der Waals surface area (Å²) >= 11 is 0. The van der Waals surface area contributed by atoms with Gasteiger partial charge in [0.2, 0.25) is 5.91 Å². The zero-order chi connectivity index (χ0) is 15.2. The summed E-state index contributed by atoms with van der Waals surface area (Å²) in [6, 6.07) is -0.520. The molecule has 1 N–H and O–H groups in total. The van der Waals surface area contributed by atoms with E-state index in [9.17, 15) is 9.59 Å². The molecule has 1 atom stereocenters. The standard InChI is InChI=1S/C14H26N2O4/c1-5-6-11(15-13(18)20-14(2,3)4)12(17)16-7-9-19-10-8-16/h11H,5-10H2,1-4H3,(H,15,18)/t11-/m0/s1. The molecule has 1 rings (SSSR count). The first-order valence-electron chi connectivity index (χ1n) is 7.19. The third-order valence-electron chi connectivity index (χ3n) is 2.89. The topological polar surface area (TPSA) is 67.9 Å². The zero-order valence-corrected chi connectivity index (χ0v) is 12.9. The second kappa shape index (κ2) is 7.47. The molecule has 6 heteroatoms. The lowest BCUT2D eigenvalue weighted by molar-refractivity contribution is -0.137. The van der Waals surface area contributed by atoms with Gasteiger partial charge in [-0.1, -0.05) is 13.3 Å². The number of alkyl carbamates (subject to hydrolysis) is 1. The Labute approximate surface area is 120 Å². The first-order chi connectivity index (χ1) is 9.33. The molecule has 0 bridgehead atoms. The van der Waals surface area contributed by atoms with Crippen LogP contribution in [-0.2, 0) is 14.3 Å². The Kier molecular flexibility index (Phi) is 6.26. The van der Waals surface area contributed by atoms with E-state index in [1.807, 2.05) is 6.92 Å². The van der Waals surface area contributed by atoms with Crippen LogP contribution in [0.3, 0.4) is 0 Å². The molecule has 20 heavy (non-hydrogen) atoms. The molecular weight excluding hydrogens is 260 g/mol. The first-order valence-corrected chi connectivity index (χ1v) is 7.19. The van der Waals surface area contributed by atoms with Crippen LogP contribution in [0, 0.1) is 0 Å². The number of hydrogen-bond donors (Lipinski definition) is 1. The largest absolute Gasteiger partial charge is 0.444 e. The maximum Gasteiger partial charge on any atom is 0.408 e. The molecule has 1 heterocycles. The van der Waals surface area contributed by atoms with E-state index in [-0.39, 0.29) is 5.91 Å². The SMILES string of the molecule is CCC[C@H](NC(=O)OC(C)(C)C)C(=O)N1CCOCC1. The summed E-state index contributed by atoms with van der Waals surface area (Å²) in [5, 5.41) is 2.68. The minimum atomic E-state index is -0.567. The molecule has 0 saturated carbocycles. The summed E-state index contributed by atoms with van der Waals surface area (Å²) < 4.78 is 10.4. The van der Waals surface area contributed by atoms with Crippen molar-refractivity contribution in [3.8, 4) is 0 Å². The van der Waals surface area contributed by atoms with Gasteiger partial charge in [-0.05, 0) is 27.2 Å². The molecule has 1 fully saturated rings. The maximum atomic E-state index is 12.4. The van der Waals surface area contributed by atoms with Gasteiger partial charge in [0.25, 0.3) is 0 Å². The van der Waals surface area contributed by atoms with E-state index >= 15 is 0 Å². The van der Waals surface area contributed by atoms with Gasteiger partial charge in [0.15, 0.2) is 0 Å². The number of carbonyl (C=O) groups is 2. The van der Waals surface area contributed by atoms with Crippen LogP contribution < -0.4 is 5.32 Å². The minimum Gasteiger partial charge on any atom is -0.444 e. The second-order valence-electron chi connectivity index (χ2n) is 5.93. The van der Waals surface area contributed by atoms with Gasteiger partial charge in [-0.25, -0.2) is 4.79 Å². The quantitative estimate of drug-likeness (QED) is 0.851. The van der Waals surface area contributed by atoms with Crippen LogP contribution in [0.5, 0.6) is 0 Å². The van der Waals surface area contributed by atoms with Crippen LogP contribution in [0.25, 0.3) is 0 Å². The number of rotatable bonds is 4. The van der Waals surface area contributed by atoms with Crippen molar-refractivity contribution in [2.24, 2.45) is 0 Å². The number of ether oxygens (including phenoxy) is 2. The second-order valence-corrected chi connectivity index (χ2v) is 5.93. The molecule has 1 saturated heterocycles. The Balaban J connectivity index is 2.58. The molecule has 6 nitrogen and oxygen atoms in total. The van der Waals surface area contributed by atoms with Crippen molar-refractivity contribution < 1.29 is 19.1 Å². The lowest BCUT2D eigenvalue weighted by Gasteiger charge is -2.31. The lowest BCUT2D eigenvalue weighted by Crippen LogP contribution is -2.52. The third-order valence-corrected chi connectivity index (χ3v) is 2.89. The van der Waals surface area contributed by atoms with Gasteiger partial charge in [0.05, 0.1) is 13.2 Å². The number of amides is 2.